The zero-order valence-corrected chi connectivity index (χ0v) is 60.0. The van der Waals surface area contributed by atoms with Crippen molar-refractivity contribution in [3.8, 4) is 45.8 Å². The van der Waals surface area contributed by atoms with Crippen molar-refractivity contribution >= 4 is 30.4 Å². The minimum absolute atomic E-state index is 0.0494. The van der Waals surface area contributed by atoms with Gasteiger partial charge in [-0.25, -0.2) is 9.97 Å². The molecule has 24 heteroatoms. The Morgan fingerprint density at radius 1 is 0.333 bits per heavy atom. The van der Waals surface area contributed by atoms with Gasteiger partial charge in [0, 0.05) is 37.1 Å². The van der Waals surface area contributed by atoms with Gasteiger partial charge in [-0.1, -0.05) is 72.8 Å². The molecule has 4 aromatic heterocycles. The highest BCUT2D eigenvalue weighted by Crippen LogP contribution is 2.56. The lowest BCUT2D eigenvalue weighted by atomic mass is 9.88. The molecule has 4 aromatic carbocycles. The van der Waals surface area contributed by atoms with Gasteiger partial charge in [0.2, 0.25) is 0 Å². The zero-order valence-electron chi connectivity index (χ0n) is 56.5. The fourth-order valence-electron chi connectivity index (χ4n) is 12.0. The molecule has 1 aliphatic rings. The van der Waals surface area contributed by atoms with Crippen molar-refractivity contribution in [1.82, 2.24) is 19.9 Å². The highest BCUT2D eigenvalue weighted by atomic mass is 31.2. The molecule has 0 fully saturated rings. The van der Waals surface area contributed by atoms with Gasteiger partial charge in [0.15, 0.2) is 0 Å². The number of phenols is 2. The summed E-state index contributed by atoms with van der Waals surface area (Å²) in [6.45, 7) is 18.4. The van der Waals surface area contributed by atoms with Gasteiger partial charge in [-0.3, -0.25) is 28.2 Å². The third-order valence-corrected chi connectivity index (χ3v) is 23.8. The number of phenolic OH excluding ortho intramolecular Hbond substituents is 2. The van der Waals surface area contributed by atoms with Crippen molar-refractivity contribution in [1.29, 1.82) is 0 Å². The minimum Gasteiger partial charge on any atom is -0.507 e. The van der Waals surface area contributed by atoms with Crippen LogP contribution in [-0.2, 0) is 118 Å². The number of hydrogen-bond acceptors (Lipinski definition) is 20. The molecule has 0 aliphatic heterocycles. The fraction of sp³-hybridized carbons (Fsp3) is 0.389. The third kappa shape index (κ3) is 19.3. The number of nitrogens with zero attached hydrogens (tertiary/aromatic N) is 4. The number of ether oxygens (including phenoxy) is 2. The molecule has 0 unspecified atom stereocenters. The second-order valence-corrected chi connectivity index (χ2v) is 31.3. The van der Waals surface area contributed by atoms with Gasteiger partial charge in [0.25, 0.3) is 0 Å². The SMILES string of the molecule is CCOP(=O)(Cc1cc2c(O)c(c1)Cc1cc(CP(=O)(OCC)OCC)cc(c1OCc1cccc(-c3cccc(C)n3)n1)Cc1cc(CP(=O)(OCC)OCC)cc(c1O)Cc1cc(CP(=O)(OCC)OCC)cc(c1OCc1cccc(-c3cccc(C)n3)n1)C2)OCC. The van der Waals surface area contributed by atoms with Crippen molar-refractivity contribution in [2.75, 3.05) is 52.9 Å². The molecule has 9 rings (SSSR count). The molecule has 512 valence electrons. The topological polar surface area (TPSA) is 253 Å². The van der Waals surface area contributed by atoms with E-state index in [1.165, 1.54) is 0 Å². The molecule has 0 spiro atoms. The molecule has 0 atom stereocenters. The second kappa shape index (κ2) is 33.7. The maximum absolute atomic E-state index is 14.7. The van der Waals surface area contributed by atoms with E-state index in [-0.39, 0.29) is 128 Å². The minimum atomic E-state index is -3.83. The summed E-state index contributed by atoms with van der Waals surface area (Å²) < 4.78 is 121. The van der Waals surface area contributed by atoms with E-state index < -0.39 is 30.4 Å². The van der Waals surface area contributed by atoms with Gasteiger partial charge in [-0.2, -0.15) is 0 Å². The smallest absolute Gasteiger partial charge is 0.335 e. The van der Waals surface area contributed by atoms with Crippen molar-refractivity contribution < 1.29 is 74.1 Å². The van der Waals surface area contributed by atoms with Crippen molar-refractivity contribution in [3.05, 3.63) is 211 Å². The van der Waals surface area contributed by atoms with Crippen LogP contribution in [0.25, 0.3) is 22.8 Å². The lowest BCUT2D eigenvalue weighted by Crippen LogP contribution is -2.10. The number of aromatic nitrogens is 4. The van der Waals surface area contributed by atoms with E-state index in [0.717, 1.165) is 11.4 Å². The average molecular weight is 1390 g/mol. The van der Waals surface area contributed by atoms with Gasteiger partial charge >= 0.3 is 30.4 Å². The van der Waals surface area contributed by atoms with Crippen LogP contribution in [0.5, 0.6) is 23.0 Å². The summed E-state index contributed by atoms with van der Waals surface area (Å²) in [6, 6.07) is 37.1. The first-order valence-electron chi connectivity index (χ1n) is 32.7. The number of hydrogen-bond donors (Lipinski definition) is 2. The normalized spacial score (nSPS) is 12.9. The lowest BCUT2D eigenvalue weighted by Gasteiger charge is -2.24. The van der Waals surface area contributed by atoms with Crippen LogP contribution in [0.2, 0.25) is 0 Å². The number of aromatic hydroxyl groups is 2. The Morgan fingerprint density at radius 3 is 0.802 bits per heavy atom. The highest BCUT2D eigenvalue weighted by Gasteiger charge is 2.33. The summed E-state index contributed by atoms with van der Waals surface area (Å²) in [6.07, 6.45) is -0.897. The molecule has 20 nitrogen and oxygen atoms in total. The maximum atomic E-state index is 14.7. The average Bonchev–Trinajstić information content (AvgIpc) is 0.796. The van der Waals surface area contributed by atoms with Crippen LogP contribution in [0, 0.1) is 13.8 Å². The summed E-state index contributed by atoms with van der Waals surface area (Å²) in [5.41, 5.74) is 11.0. The van der Waals surface area contributed by atoms with E-state index in [0.29, 0.717) is 112 Å². The van der Waals surface area contributed by atoms with Crippen molar-refractivity contribution in [2.45, 2.75) is 133 Å². The molecule has 1 aliphatic carbocycles. The Morgan fingerprint density at radius 2 is 0.562 bits per heavy atom. The van der Waals surface area contributed by atoms with Gasteiger partial charge in [-0.15, -0.1) is 0 Å². The summed E-state index contributed by atoms with van der Waals surface area (Å²) >= 11 is 0. The Labute approximate surface area is 563 Å². The van der Waals surface area contributed by atoms with E-state index in [9.17, 15) is 28.5 Å². The molecular weight excluding hydrogens is 1300 g/mol. The summed E-state index contributed by atoms with van der Waals surface area (Å²) in [5.74, 6) is 0.470. The molecule has 2 N–H and O–H groups in total. The molecular formula is C72H88N4O16P4. The number of pyridine rings is 4. The summed E-state index contributed by atoms with van der Waals surface area (Å²) in [4.78, 5) is 19.5. The molecule has 8 bridgehead atoms. The Bertz CT molecular complexity index is 3820. The molecule has 96 heavy (non-hydrogen) atoms. The standard InChI is InChI=1S/C72H88N4O16P4/c1-11-85-93(79,86-12-2)45-51-31-55-39-59-35-53(47-95(81,89-15-5)90-16-6)37-61(71(59)83-43-63-25-21-29-67(75-63)65-27-19-23-49(9)73-65)41-57-33-52(46-94(80,87-13-3)88-14-4)34-58(70(57)78)42-62-38-54(48-96(82,91-17-7)92-18-8)36-60(40-56(32-51)69(55)77)72(62)84-44-64-26-22-30-68(76-64)66-28-20-24-50(10)74-66/h19-38,77-78H,11-18,39-48H2,1-10H3. The third-order valence-electron chi connectivity index (χ3n) is 15.5. The Hall–Kier alpha value is -6.72. The first kappa shape index (κ1) is 73.5. The van der Waals surface area contributed by atoms with E-state index in [4.69, 9.17) is 65.6 Å². The fourth-order valence-corrected chi connectivity index (χ4v) is 18.7. The van der Waals surface area contributed by atoms with E-state index in [1.807, 2.05) is 111 Å². The van der Waals surface area contributed by atoms with Gasteiger partial charge in [0.05, 0.1) is 112 Å². The predicted octanol–water partition coefficient (Wildman–Crippen LogP) is 17.5. The number of benzene rings is 4. The highest BCUT2D eigenvalue weighted by molar-refractivity contribution is 7.53. The van der Waals surface area contributed by atoms with Crippen LogP contribution >= 0.6 is 30.4 Å². The molecule has 0 saturated heterocycles. The summed E-state index contributed by atoms with van der Waals surface area (Å²) in [5, 5.41) is 26.4. The van der Waals surface area contributed by atoms with Crippen LogP contribution in [0.15, 0.2) is 121 Å². The summed E-state index contributed by atoms with van der Waals surface area (Å²) in [7, 11) is -15.3. The van der Waals surface area contributed by atoms with E-state index in [2.05, 4.69) is 0 Å². The maximum Gasteiger partial charge on any atom is 0.335 e. The number of fused-ring (bicyclic) bond motifs is 8. The first-order valence-corrected chi connectivity index (χ1v) is 39.6. The second-order valence-electron chi connectivity index (χ2n) is 23.1. The van der Waals surface area contributed by atoms with Crippen LogP contribution < -0.4 is 9.47 Å². The Kier molecular flexibility index (Phi) is 25.8. The molecule has 0 radical (unpaired) electrons. The van der Waals surface area contributed by atoms with Gasteiger partial charge in [0.1, 0.15) is 36.2 Å². The van der Waals surface area contributed by atoms with Gasteiger partial charge in [-0.05, 0) is 185 Å². The van der Waals surface area contributed by atoms with Crippen LogP contribution in [0.3, 0.4) is 0 Å². The van der Waals surface area contributed by atoms with Crippen LogP contribution in [0.4, 0.5) is 0 Å². The monoisotopic (exact) mass is 1390 g/mol. The van der Waals surface area contributed by atoms with E-state index >= 15 is 0 Å². The van der Waals surface area contributed by atoms with Crippen LogP contribution in [0.1, 0.15) is 145 Å². The number of rotatable bonds is 32. The molecule has 0 saturated carbocycles. The first-order chi connectivity index (χ1) is 46.1. The zero-order chi connectivity index (χ0) is 68.6. The predicted molar refractivity (Wildman–Crippen MR) is 372 cm³/mol. The Balaban J connectivity index is 1.34. The quantitative estimate of drug-likeness (QED) is 0.0372. The lowest BCUT2D eigenvalue weighted by molar-refractivity contribution is 0.218. The van der Waals surface area contributed by atoms with Gasteiger partial charge < -0.3 is 55.9 Å². The molecule has 8 aromatic rings. The van der Waals surface area contributed by atoms with Crippen molar-refractivity contribution in [3.63, 3.8) is 0 Å². The van der Waals surface area contributed by atoms with E-state index in [1.54, 1.807) is 79.7 Å². The number of aryl methyl sites for hydroxylation is 2. The van der Waals surface area contributed by atoms with Crippen LogP contribution in [-0.4, -0.2) is 83.0 Å². The molecule has 4 heterocycles. The molecule has 0 amide bonds. The largest absolute Gasteiger partial charge is 0.507 e. The van der Waals surface area contributed by atoms with Crippen molar-refractivity contribution in [2.24, 2.45) is 0 Å².